The Kier molecular flexibility index (Phi) is 7.57. The normalized spacial score (nSPS) is 11.3. The molecule has 3 aromatic heterocycles. The van der Waals surface area contributed by atoms with E-state index < -0.39 is 0 Å². The first-order valence-electron chi connectivity index (χ1n) is 11.8. The lowest BCUT2D eigenvalue weighted by molar-refractivity contribution is 0.102. The van der Waals surface area contributed by atoms with Gasteiger partial charge in [0.05, 0.1) is 23.9 Å². The molecule has 0 unspecified atom stereocenters. The molecule has 4 aromatic rings. The number of allylic oxidation sites excluding steroid dienone is 1. The molecule has 0 radical (unpaired) electrons. The van der Waals surface area contributed by atoms with Crippen molar-refractivity contribution >= 4 is 39.1 Å². The summed E-state index contributed by atoms with van der Waals surface area (Å²) in [5.41, 5.74) is 5.20. The molecule has 8 heteroatoms. The van der Waals surface area contributed by atoms with Crippen molar-refractivity contribution in [2.45, 2.75) is 52.7 Å². The van der Waals surface area contributed by atoms with Crippen LogP contribution in [-0.2, 0) is 13.0 Å². The predicted molar refractivity (Wildman–Crippen MR) is 150 cm³/mol. The molecule has 0 aliphatic carbocycles. The van der Waals surface area contributed by atoms with E-state index in [1.807, 2.05) is 58.0 Å². The van der Waals surface area contributed by atoms with Gasteiger partial charge in [0.2, 0.25) is 0 Å². The molecule has 0 atom stereocenters. The van der Waals surface area contributed by atoms with Crippen LogP contribution in [0.15, 0.2) is 46.9 Å². The lowest BCUT2D eigenvalue weighted by Gasteiger charge is -2.15. The lowest BCUT2D eigenvalue weighted by atomic mass is 10.1. The van der Waals surface area contributed by atoms with E-state index in [2.05, 4.69) is 18.1 Å². The number of aromatic nitrogens is 3. The van der Waals surface area contributed by atoms with Crippen molar-refractivity contribution in [1.82, 2.24) is 14.1 Å². The number of methoxy groups -OCH3 is 1. The maximum Gasteiger partial charge on any atom is 0.267 e. The quantitative estimate of drug-likeness (QED) is 0.113. The minimum absolute atomic E-state index is 0.00682. The van der Waals surface area contributed by atoms with Crippen LogP contribution in [0, 0.1) is 27.7 Å². The summed E-state index contributed by atoms with van der Waals surface area (Å²) in [6, 6.07) is 7.55. The average molecular weight is 522 g/mol. The molecule has 1 aromatic carbocycles. The molecule has 0 amide bonds. The van der Waals surface area contributed by atoms with Crippen LogP contribution in [0.2, 0.25) is 0 Å². The Balaban J connectivity index is 1.81. The number of hydrogen-bond acceptors (Lipinski definition) is 6. The zero-order chi connectivity index (χ0) is 26.1. The van der Waals surface area contributed by atoms with Gasteiger partial charge in [0.1, 0.15) is 10.6 Å². The third-order valence-corrected chi connectivity index (χ3v) is 8.49. The van der Waals surface area contributed by atoms with Crippen LogP contribution in [0.4, 0.5) is 0 Å². The monoisotopic (exact) mass is 521 g/mol. The van der Waals surface area contributed by atoms with Gasteiger partial charge in [-0.3, -0.25) is 14.2 Å². The molecule has 0 aliphatic rings. The Morgan fingerprint density at radius 1 is 1.22 bits per heavy atom. The number of carbonyl (C=O) groups is 1. The largest absolute Gasteiger partial charge is 0.497 e. The molecular weight excluding hydrogens is 490 g/mol. The summed E-state index contributed by atoms with van der Waals surface area (Å²) in [5, 5.41) is 1.18. The fraction of sp³-hybridized carbons (Fsp3) is 0.321. The highest BCUT2D eigenvalue weighted by atomic mass is 32.2. The first-order valence-corrected chi connectivity index (χ1v) is 13.7. The molecule has 3 heterocycles. The van der Waals surface area contributed by atoms with Gasteiger partial charge in [0.25, 0.3) is 5.56 Å². The van der Waals surface area contributed by atoms with Gasteiger partial charge < -0.3 is 9.30 Å². The molecule has 0 spiro atoms. The molecule has 0 saturated carbocycles. The second kappa shape index (κ2) is 10.5. The Bertz CT molecular complexity index is 1540. The topological polar surface area (TPSA) is 66.1 Å². The van der Waals surface area contributed by atoms with Gasteiger partial charge >= 0.3 is 0 Å². The Labute approximate surface area is 219 Å². The molecule has 0 bridgehead atoms. The number of Topliss-reactive ketones (excluding diaryl/α,β-unsaturated/α-hetero) is 1. The number of aryl methyl sites for hydroxylation is 4. The number of nitrogens with zero attached hydrogens (tertiary/aromatic N) is 3. The summed E-state index contributed by atoms with van der Waals surface area (Å²) in [6.45, 7) is 14.5. The minimum atomic E-state index is -0.103. The summed E-state index contributed by atoms with van der Waals surface area (Å²) in [5.74, 6) is 0.905. The maximum atomic E-state index is 13.9. The number of thiophene rings is 1. The molecule has 0 N–H and O–H groups in total. The van der Waals surface area contributed by atoms with Crippen molar-refractivity contribution in [3.05, 3.63) is 80.2 Å². The summed E-state index contributed by atoms with van der Waals surface area (Å²) in [6.07, 6.45) is 2.58. The Morgan fingerprint density at radius 2 is 1.97 bits per heavy atom. The van der Waals surface area contributed by atoms with E-state index in [9.17, 15) is 9.59 Å². The van der Waals surface area contributed by atoms with Gasteiger partial charge in [0.15, 0.2) is 10.9 Å². The number of hydrogen-bond donors (Lipinski definition) is 0. The molecule has 0 fully saturated rings. The third-order valence-electron chi connectivity index (χ3n) is 6.51. The van der Waals surface area contributed by atoms with Gasteiger partial charge in [-0.05, 0) is 69.5 Å². The summed E-state index contributed by atoms with van der Waals surface area (Å²) < 4.78 is 9.10. The second-order valence-corrected chi connectivity index (χ2v) is 10.9. The van der Waals surface area contributed by atoms with Crippen molar-refractivity contribution in [2.75, 3.05) is 12.9 Å². The van der Waals surface area contributed by atoms with Crippen molar-refractivity contribution in [3.63, 3.8) is 0 Å². The smallest absolute Gasteiger partial charge is 0.267 e. The molecule has 6 nitrogen and oxygen atoms in total. The van der Waals surface area contributed by atoms with Gasteiger partial charge in [-0.1, -0.05) is 24.8 Å². The zero-order valence-electron chi connectivity index (χ0n) is 21.6. The Morgan fingerprint density at radius 3 is 2.61 bits per heavy atom. The van der Waals surface area contributed by atoms with Crippen LogP contribution < -0.4 is 10.3 Å². The van der Waals surface area contributed by atoms with Gasteiger partial charge in [-0.15, -0.1) is 17.9 Å². The third kappa shape index (κ3) is 4.55. The van der Waals surface area contributed by atoms with Crippen LogP contribution in [0.1, 0.15) is 44.7 Å². The number of benzene rings is 1. The van der Waals surface area contributed by atoms with Crippen molar-refractivity contribution in [2.24, 2.45) is 0 Å². The molecule has 0 saturated heterocycles. The van der Waals surface area contributed by atoms with Gasteiger partial charge in [-0.2, -0.15) is 0 Å². The van der Waals surface area contributed by atoms with Crippen LogP contribution >= 0.6 is 23.1 Å². The van der Waals surface area contributed by atoms with Crippen LogP contribution in [0.25, 0.3) is 15.9 Å². The molecule has 36 heavy (non-hydrogen) atoms. The fourth-order valence-corrected chi connectivity index (χ4v) is 6.68. The van der Waals surface area contributed by atoms with Crippen molar-refractivity contribution in [3.8, 4) is 11.4 Å². The number of ether oxygens (including phenoxy) is 1. The van der Waals surface area contributed by atoms with E-state index in [0.29, 0.717) is 22.7 Å². The van der Waals surface area contributed by atoms with Crippen molar-refractivity contribution in [1.29, 1.82) is 0 Å². The highest BCUT2D eigenvalue weighted by molar-refractivity contribution is 7.99. The molecule has 0 aliphatic heterocycles. The van der Waals surface area contributed by atoms with E-state index in [4.69, 9.17) is 9.72 Å². The highest BCUT2D eigenvalue weighted by Gasteiger charge is 2.22. The zero-order valence-corrected chi connectivity index (χ0v) is 23.2. The Hall–Kier alpha value is -3.10. The van der Waals surface area contributed by atoms with E-state index in [-0.39, 0.29) is 17.1 Å². The number of carbonyl (C=O) groups excluding carboxylic acids is 1. The number of ketones is 1. The SMILES string of the molecule is C=CCn1c(C)cc(C(=O)CSc2nc3sc(C)c(CC)c3c(=O)n2-c2ccc(OC)cc2C)c1C. The van der Waals surface area contributed by atoms with Crippen LogP contribution in [0.5, 0.6) is 5.75 Å². The highest BCUT2D eigenvalue weighted by Crippen LogP contribution is 2.32. The van der Waals surface area contributed by atoms with Crippen LogP contribution in [0.3, 0.4) is 0 Å². The standard InChI is InChI=1S/C28H31N3O3S2/c1-8-12-30-17(4)14-22(18(30)5)24(32)15-35-28-29-26-25(21(9-2)19(6)36-26)27(33)31(28)23-11-10-20(34-7)13-16(23)3/h8,10-11,13-14H,1,9,12,15H2,2-7H3. The van der Waals surface area contributed by atoms with E-state index in [0.717, 1.165) is 50.1 Å². The number of rotatable bonds is 9. The first kappa shape index (κ1) is 26.0. The summed E-state index contributed by atoms with van der Waals surface area (Å²) in [4.78, 5) is 33.9. The number of thioether (sulfide) groups is 1. The second-order valence-electron chi connectivity index (χ2n) is 8.75. The molecule has 4 rings (SSSR count). The summed E-state index contributed by atoms with van der Waals surface area (Å²) >= 11 is 2.83. The summed E-state index contributed by atoms with van der Waals surface area (Å²) in [7, 11) is 1.62. The number of fused-ring (bicyclic) bond motifs is 1. The molecule has 188 valence electrons. The van der Waals surface area contributed by atoms with E-state index in [1.54, 1.807) is 11.7 Å². The van der Waals surface area contributed by atoms with Crippen LogP contribution in [-0.4, -0.2) is 32.8 Å². The molecular formula is C28H31N3O3S2. The van der Waals surface area contributed by atoms with E-state index >= 15 is 0 Å². The van der Waals surface area contributed by atoms with Crippen molar-refractivity contribution < 1.29 is 9.53 Å². The van der Waals surface area contributed by atoms with Gasteiger partial charge in [-0.25, -0.2) is 4.98 Å². The van der Waals surface area contributed by atoms with E-state index in [1.165, 1.54) is 23.1 Å². The maximum absolute atomic E-state index is 13.9. The predicted octanol–water partition coefficient (Wildman–Crippen LogP) is 6.21. The minimum Gasteiger partial charge on any atom is -0.497 e. The van der Waals surface area contributed by atoms with Gasteiger partial charge in [0, 0.05) is 28.4 Å². The lowest BCUT2D eigenvalue weighted by Crippen LogP contribution is -2.23. The first-order chi connectivity index (χ1) is 17.2. The average Bonchev–Trinajstić information content (AvgIpc) is 3.33. The fourth-order valence-electron chi connectivity index (χ4n) is 4.64.